The van der Waals surface area contributed by atoms with E-state index in [2.05, 4.69) is 11.2 Å². The Balaban J connectivity index is 2.02. The van der Waals surface area contributed by atoms with Crippen LogP contribution in [0.3, 0.4) is 0 Å². The zero-order chi connectivity index (χ0) is 17.0. The van der Waals surface area contributed by atoms with E-state index in [4.69, 9.17) is 11.2 Å². The maximum Gasteiger partial charge on any atom is 0.410 e. The zero-order valence-corrected chi connectivity index (χ0v) is 13.8. The number of likely N-dealkylation sites (tertiary alicyclic amines) is 1. The first-order valence-electron chi connectivity index (χ1n) is 7.67. The molecular formula is C18H22N2O3. The van der Waals surface area contributed by atoms with Gasteiger partial charge in [-0.05, 0) is 57.9 Å². The highest BCUT2D eigenvalue weighted by Crippen LogP contribution is 2.22. The van der Waals surface area contributed by atoms with Crippen LogP contribution in [0, 0.1) is 12.3 Å². The summed E-state index contributed by atoms with van der Waals surface area (Å²) < 4.78 is 5.37. The van der Waals surface area contributed by atoms with E-state index in [1.165, 1.54) is 4.90 Å². The molecule has 5 heteroatoms. The van der Waals surface area contributed by atoms with E-state index in [1.807, 2.05) is 20.8 Å². The van der Waals surface area contributed by atoms with E-state index in [9.17, 15) is 9.59 Å². The van der Waals surface area contributed by atoms with Gasteiger partial charge in [0.15, 0.2) is 0 Å². The molecule has 1 unspecified atom stereocenters. The van der Waals surface area contributed by atoms with E-state index in [1.54, 1.807) is 24.3 Å². The van der Waals surface area contributed by atoms with Gasteiger partial charge < -0.3 is 10.1 Å². The number of carbonyl (C=O) groups excluding carboxylic acids is 2. The number of hydrogen-bond acceptors (Lipinski definition) is 3. The molecule has 0 bridgehead atoms. The minimum Gasteiger partial charge on any atom is -0.444 e. The van der Waals surface area contributed by atoms with Gasteiger partial charge in [-0.1, -0.05) is 5.92 Å². The number of ether oxygens (including phenoxy) is 1. The van der Waals surface area contributed by atoms with Crippen LogP contribution in [-0.2, 0) is 9.53 Å². The average molecular weight is 314 g/mol. The molecule has 0 saturated carbocycles. The van der Waals surface area contributed by atoms with Crippen molar-refractivity contribution < 1.29 is 14.3 Å². The fourth-order valence-corrected chi connectivity index (χ4v) is 2.45. The van der Waals surface area contributed by atoms with Gasteiger partial charge in [0.2, 0.25) is 5.91 Å². The number of anilines is 1. The number of benzene rings is 1. The number of terminal acetylenes is 1. The predicted molar refractivity (Wildman–Crippen MR) is 89.0 cm³/mol. The van der Waals surface area contributed by atoms with Crippen LogP contribution in [0.25, 0.3) is 0 Å². The van der Waals surface area contributed by atoms with Crippen LogP contribution in [0.2, 0.25) is 0 Å². The summed E-state index contributed by atoms with van der Waals surface area (Å²) in [6, 6.07) is 6.52. The van der Waals surface area contributed by atoms with Crippen molar-refractivity contribution in [2.45, 2.75) is 45.3 Å². The third kappa shape index (κ3) is 4.49. The molecule has 1 N–H and O–H groups in total. The lowest BCUT2D eigenvalue weighted by Crippen LogP contribution is -2.45. The molecule has 0 spiro atoms. The maximum absolute atomic E-state index is 12.4. The number of nitrogens with one attached hydrogen (secondary N) is 1. The standard InChI is InChI=1S/C18H22N2O3/c1-5-13-8-10-14(11-9-13)19-16(21)15-7-6-12-20(15)17(22)23-18(2,3)4/h1,8-11,15H,6-7,12H2,2-4H3,(H,19,21). The maximum atomic E-state index is 12.4. The number of hydrogen-bond donors (Lipinski definition) is 1. The summed E-state index contributed by atoms with van der Waals surface area (Å²) in [5, 5.41) is 2.83. The van der Waals surface area contributed by atoms with Crippen LogP contribution in [0.1, 0.15) is 39.2 Å². The van der Waals surface area contributed by atoms with E-state index in [-0.39, 0.29) is 5.91 Å². The third-order valence-corrected chi connectivity index (χ3v) is 3.50. The minimum atomic E-state index is -0.578. The van der Waals surface area contributed by atoms with Crippen molar-refractivity contribution in [1.82, 2.24) is 4.90 Å². The van der Waals surface area contributed by atoms with Crippen molar-refractivity contribution in [3.63, 3.8) is 0 Å². The summed E-state index contributed by atoms with van der Waals surface area (Å²) in [6.07, 6.45) is 6.28. The molecule has 0 aliphatic carbocycles. The molecule has 0 aromatic heterocycles. The highest BCUT2D eigenvalue weighted by atomic mass is 16.6. The molecule has 5 nitrogen and oxygen atoms in total. The Hall–Kier alpha value is -2.48. The fourth-order valence-electron chi connectivity index (χ4n) is 2.45. The Bertz CT molecular complexity index is 623. The van der Waals surface area contributed by atoms with Gasteiger partial charge in [0, 0.05) is 17.8 Å². The Labute approximate surface area is 137 Å². The smallest absolute Gasteiger partial charge is 0.410 e. The molecule has 1 aromatic carbocycles. The summed E-state index contributed by atoms with van der Waals surface area (Å²) in [4.78, 5) is 26.2. The van der Waals surface area contributed by atoms with Crippen molar-refractivity contribution >= 4 is 17.7 Å². The van der Waals surface area contributed by atoms with Crippen LogP contribution in [-0.4, -0.2) is 35.1 Å². The van der Waals surface area contributed by atoms with Crippen LogP contribution in [0.5, 0.6) is 0 Å². The molecule has 122 valence electrons. The molecular weight excluding hydrogens is 292 g/mol. The van der Waals surface area contributed by atoms with E-state index in [0.29, 0.717) is 18.7 Å². The first-order chi connectivity index (χ1) is 10.8. The molecule has 23 heavy (non-hydrogen) atoms. The van der Waals surface area contributed by atoms with Gasteiger partial charge >= 0.3 is 6.09 Å². The van der Waals surface area contributed by atoms with Crippen molar-refractivity contribution in [2.75, 3.05) is 11.9 Å². The number of amides is 2. The van der Waals surface area contributed by atoms with Crippen molar-refractivity contribution in [2.24, 2.45) is 0 Å². The second kappa shape index (κ2) is 6.74. The average Bonchev–Trinajstić information content (AvgIpc) is 2.96. The van der Waals surface area contributed by atoms with Crippen LogP contribution >= 0.6 is 0 Å². The molecule has 0 radical (unpaired) electrons. The van der Waals surface area contributed by atoms with E-state index < -0.39 is 17.7 Å². The summed E-state index contributed by atoms with van der Waals surface area (Å²) in [5.74, 6) is 2.32. The molecule has 1 fully saturated rings. The van der Waals surface area contributed by atoms with Gasteiger partial charge in [-0.3, -0.25) is 9.69 Å². The van der Waals surface area contributed by atoms with Gasteiger partial charge in [-0.25, -0.2) is 4.79 Å². The summed E-state index contributed by atoms with van der Waals surface area (Å²) in [7, 11) is 0. The topological polar surface area (TPSA) is 58.6 Å². The number of rotatable bonds is 2. The van der Waals surface area contributed by atoms with Gasteiger partial charge in [0.05, 0.1) is 0 Å². The molecule has 1 heterocycles. The third-order valence-electron chi connectivity index (χ3n) is 3.50. The van der Waals surface area contributed by atoms with Gasteiger partial charge in [0.25, 0.3) is 0 Å². The Kier molecular flexibility index (Phi) is 4.95. The lowest BCUT2D eigenvalue weighted by molar-refractivity contribution is -0.120. The molecule has 1 atom stereocenters. The second-order valence-corrected chi connectivity index (χ2v) is 6.54. The van der Waals surface area contributed by atoms with E-state index >= 15 is 0 Å². The van der Waals surface area contributed by atoms with E-state index in [0.717, 1.165) is 12.0 Å². The minimum absolute atomic E-state index is 0.207. The van der Waals surface area contributed by atoms with Crippen molar-refractivity contribution in [3.05, 3.63) is 29.8 Å². The van der Waals surface area contributed by atoms with Crippen molar-refractivity contribution in [1.29, 1.82) is 0 Å². The lowest BCUT2D eigenvalue weighted by Gasteiger charge is -2.28. The molecule has 1 saturated heterocycles. The highest BCUT2D eigenvalue weighted by Gasteiger charge is 2.36. The molecule has 1 aromatic rings. The lowest BCUT2D eigenvalue weighted by atomic mass is 10.2. The van der Waals surface area contributed by atoms with Crippen LogP contribution < -0.4 is 5.32 Å². The number of nitrogens with zero attached hydrogens (tertiary/aromatic N) is 1. The molecule has 1 aliphatic heterocycles. The Morgan fingerprint density at radius 3 is 2.52 bits per heavy atom. The van der Waals surface area contributed by atoms with Crippen LogP contribution in [0.15, 0.2) is 24.3 Å². The first kappa shape index (κ1) is 16.9. The molecule has 2 rings (SSSR count). The zero-order valence-electron chi connectivity index (χ0n) is 13.8. The summed E-state index contributed by atoms with van der Waals surface area (Å²) in [5.41, 5.74) is 0.829. The quantitative estimate of drug-likeness (QED) is 0.854. The fraction of sp³-hybridized carbons (Fsp3) is 0.444. The predicted octanol–water partition coefficient (Wildman–Crippen LogP) is 3.01. The number of carbonyl (C=O) groups is 2. The highest BCUT2D eigenvalue weighted by molar-refractivity contribution is 5.96. The first-order valence-corrected chi connectivity index (χ1v) is 7.67. The normalized spacial score (nSPS) is 17.5. The SMILES string of the molecule is C#Cc1ccc(NC(=O)C2CCCN2C(=O)OC(C)(C)C)cc1. The monoisotopic (exact) mass is 314 g/mol. The Morgan fingerprint density at radius 2 is 1.96 bits per heavy atom. The Morgan fingerprint density at radius 1 is 1.30 bits per heavy atom. The van der Waals surface area contributed by atoms with Gasteiger partial charge in [-0.2, -0.15) is 0 Å². The van der Waals surface area contributed by atoms with Crippen LogP contribution in [0.4, 0.5) is 10.5 Å². The molecule has 1 aliphatic rings. The summed E-state index contributed by atoms with van der Waals surface area (Å²) in [6.45, 7) is 5.96. The molecule has 2 amide bonds. The summed E-state index contributed by atoms with van der Waals surface area (Å²) >= 11 is 0. The van der Waals surface area contributed by atoms with Crippen molar-refractivity contribution in [3.8, 4) is 12.3 Å². The second-order valence-electron chi connectivity index (χ2n) is 6.54. The van der Waals surface area contributed by atoms with Gasteiger partial charge in [-0.15, -0.1) is 6.42 Å². The van der Waals surface area contributed by atoms with Gasteiger partial charge in [0.1, 0.15) is 11.6 Å². The largest absolute Gasteiger partial charge is 0.444 e.